The molecule has 0 spiro atoms. The Morgan fingerprint density at radius 2 is 2.00 bits per heavy atom. The van der Waals surface area contributed by atoms with Gasteiger partial charge in [0.25, 0.3) is 5.56 Å². The number of methoxy groups -OCH3 is 1. The van der Waals surface area contributed by atoms with Gasteiger partial charge in [-0.05, 0) is 39.7 Å². The summed E-state index contributed by atoms with van der Waals surface area (Å²) in [5.74, 6) is -0.652. The summed E-state index contributed by atoms with van der Waals surface area (Å²) in [6.45, 7) is 0.347. The zero-order chi connectivity index (χ0) is 14.7. The van der Waals surface area contributed by atoms with Crippen molar-refractivity contribution >= 4 is 33.5 Å². The van der Waals surface area contributed by atoms with Crippen molar-refractivity contribution < 1.29 is 9.53 Å². The molecule has 0 atom stereocenters. The number of hydrogen-bond acceptors (Lipinski definition) is 3. The van der Waals surface area contributed by atoms with Crippen LogP contribution in [0.4, 0.5) is 0 Å². The Balaban J connectivity index is 2.42. The maximum absolute atomic E-state index is 12.2. The molecule has 0 N–H and O–H groups in total. The highest BCUT2D eigenvalue weighted by Crippen LogP contribution is 2.13. The van der Waals surface area contributed by atoms with E-state index in [4.69, 9.17) is 11.6 Å². The molecule has 0 saturated heterocycles. The van der Waals surface area contributed by atoms with Crippen LogP contribution < -0.4 is 5.56 Å². The van der Waals surface area contributed by atoms with Crippen molar-refractivity contribution in [3.05, 3.63) is 67.5 Å². The second-order valence-electron chi connectivity index (χ2n) is 4.12. The Bertz CT molecular complexity index is 695. The minimum Gasteiger partial charge on any atom is -0.465 e. The van der Waals surface area contributed by atoms with Gasteiger partial charge >= 0.3 is 5.97 Å². The summed E-state index contributed by atoms with van der Waals surface area (Å²) in [7, 11) is 1.24. The van der Waals surface area contributed by atoms with E-state index >= 15 is 0 Å². The SMILES string of the molecule is COC(=O)c1cc(Br)cn(Cc2ccc(Cl)cc2)c1=O. The van der Waals surface area contributed by atoms with Crippen LogP contribution in [0.15, 0.2) is 45.8 Å². The zero-order valence-electron chi connectivity index (χ0n) is 10.6. The van der Waals surface area contributed by atoms with E-state index in [1.54, 1.807) is 18.3 Å². The van der Waals surface area contributed by atoms with Crippen molar-refractivity contribution in [2.75, 3.05) is 7.11 Å². The molecule has 0 unspecified atom stereocenters. The van der Waals surface area contributed by atoms with Crippen LogP contribution in [0.3, 0.4) is 0 Å². The number of benzene rings is 1. The number of aromatic nitrogens is 1. The van der Waals surface area contributed by atoms with Gasteiger partial charge < -0.3 is 9.30 Å². The average Bonchev–Trinajstić information content (AvgIpc) is 2.44. The quantitative estimate of drug-likeness (QED) is 0.794. The number of carbonyl (C=O) groups is 1. The summed E-state index contributed by atoms with van der Waals surface area (Å²) in [4.78, 5) is 23.8. The van der Waals surface area contributed by atoms with Gasteiger partial charge in [0.15, 0.2) is 0 Å². The first-order chi connectivity index (χ1) is 9.51. The number of ether oxygens (including phenoxy) is 1. The Hall–Kier alpha value is -1.59. The molecule has 2 rings (SSSR count). The Kier molecular flexibility index (Phi) is 4.62. The number of pyridine rings is 1. The molecule has 0 aliphatic carbocycles. The molecule has 0 radical (unpaired) electrons. The number of halogens is 2. The van der Waals surface area contributed by atoms with Crippen LogP contribution in [0.1, 0.15) is 15.9 Å². The van der Waals surface area contributed by atoms with E-state index in [1.807, 2.05) is 12.1 Å². The number of rotatable bonds is 3. The third-order valence-electron chi connectivity index (χ3n) is 2.72. The first-order valence-electron chi connectivity index (χ1n) is 5.74. The summed E-state index contributed by atoms with van der Waals surface area (Å²) in [6.07, 6.45) is 1.63. The smallest absolute Gasteiger partial charge is 0.343 e. The molecule has 4 nitrogen and oxygen atoms in total. The Morgan fingerprint density at radius 3 is 2.60 bits per heavy atom. The third-order valence-corrected chi connectivity index (χ3v) is 3.41. The lowest BCUT2D eigenvalue weighted by molar-refractivity contribution is 0.0598. The maximum Gasteiger partial charge on any atom is 0.343 e. The van der Waals surface area contributed by atoms with Crippen LogP contribution in [0.2, 0.25) is 5.02 Å². The summed E-state index contributed by atoms with van der Waals surface area (Å²) < 4.78 is 6.68. The van der Waals surface area contributed by atoms with E-state index in [-0.39, 0.29) is 5.56 Å². The molecule has 1 heterocycles. The van der Waals surface area contributed by atoms with Crippen LogP contribution >= 0.6 is 27.5 Å². The first kappa shape index (κ1) is 14.8. The highest BCUT2D eigenvalue weighted by molar-refractivity contribution is 9.10. The van der Waals surface area contributed by atoms with Gasteiger partial charge in [-0.2, -0.15) is 0 Å². The summed E-state index contributed by atoms with van der Waals surface area (Å²) >= 11 is 9.10. The fourth-order valence-corrected chi connectivity index (χ4v) is 2.36. The molecule has 0 saturated carbocycles. The van der Waals surface area contributed by atoms with Gasteiger partial charge in [0.05, 0.1) is 13.7 Å². The molecule has 0 aliphatic heterocycles. The first-order valence-corrected chi connectivity index (χ1v) is 6.91. The molecule has 0 fully saturated rings. The molecule has 0 bridgehead atoms. The van der Waals surface area contributed by atoms with Gasteiger partial charge in [0.1, 0.15) is 5.56 Å². The average molecular weight is 357 g/mol. The van der Waals surface area contributed by atoms with Crippen molar-refractivity contribution in [1.29, 1.82) is 0 Å². The zero-order valence-corrected chi connectivity index (χ0v) is 12.9. The van der Waals surface area contributed by atoms with E-state index in [0.29, 0.717) is 16.0 Å². The number of esters is 1. The van der Waals surface area contributed by atoms with E-state index in [0.717, 1.165) is 5.56 Å². The summed E-state index contributed by atoms with van der Waals surface area (Å²) in [6, 6.07) is 8.61. The van der Waals surface area contributed by atoms with Gasteiger partial charge in [-0.3, -0.25) is 4.79 Å². The van der Waals surface area contributed by atoms with Crippen LogP contribution in [0, 0.1) is 0 Å². The van der Waals surface area contributed by atoms with Crippen LogP contribution in [-0.4, -0.2) is 17.6 Å². The van der Waals surface area contributed by atoms with E-state index < -0.39 is 11.5 Å². The summed E-state index contributed by atoms with van der Waals surface area (Å²) in [5, 5.41) is 0.630. The number of carbonyl (C=O) groups excluding carboxylic acids is 1. The predicted molar refractivity (Wildman–Crippen MR) is 80.3 cm³/mol. The van der Waals surface area contributed by atoms with E-state index in [9.17, 15) is 9.59 Å². The molecular formula is C14H11BrClNO3. The molecule has 1 aromatic carbocycles. The molecule has 0 aliphatic rings. The summed E-state index contributed by atoms with van der Waals surface area (Å²) in [5.41, 5.74) is 0.510. The minimum absolute atomic E-state index is 0.00385. The fourth-order valence-electron chi connectivity index (χ4n) is 1.76. The molecule has 0 amide bonds. The van der Waals surface area contributed by atoms with Crippen molar-refractivity contribution in [2.45, 2.75) is 6.54 Å². The standard InChI is InChI=1S/C14H11BrClNO3/c1-20-14(19)12-6-10(15)8-17(13(12)18)7-9-2-4-11(16)5-3-9/h2-6,8H,7H2,1H3. The van der Waals surface area contributed by atoms with Crippen molar-refractivity contribution in [1.82, 2.24) is 4.57 Å². The second-order valence-corrected chi connectivity index (χ2v) is 5.48. The largest absolute Gasteiger partial charge is 0.465 e. The van der Waals surface area contributed by atoms with E-state index in [2.05, 4.69) is 20.7 Å². The van der Waals surface area contributed by atoms with Crippen molar-refractivity contribution in [3.8, 4) is 0 Å². The predicted octanol–water partition coefficient (Wildman–Crippen LogP) is 3.10. The lowest BCUT2D eigenvalue weighted by Crippen LogP contribution is -2.27. The van der Waals surface area contributed by atoms with Gasteiger partial charge in [0.2, 0.25) is 0 Å². The van der Waals surface area contributed by atoms with Crippen LogP contribution in [0.5, 0.6) is 0 Å². The monoisotopic (exact) mass is 355 g/mol. The molecule has 6 heteroatoms. The highest BCUT2D eigenvalue weighted by atomic mass is 79.9. The molecule has 104 valence electrons. The number of nitrogens with zero attached hydrogens (tertiary/aromatic N) is 1. The second kappa shape index (κ2) is 6.24. The highest BCUT2D eigenvalue weighted by Gasteiger charge is 2.14. The lowest BCUT2D eigenvalue weighted by Gasteiger charge is -2.09. The van der Waals surface area contributed by atoms with Crippen molar-refractivity contribution in [2.24, 2.45) is 0 Å². The van der Waals surface area contributed by atoms with Gasteiger partial charge in [-0.15, -0.1) is 0 Å². The number of hydrogen-bond donors (Lipinski definition) is 0. The Morgan fingerprint density at radius 1 is 1.35 bits per heavy atom. The van der Waals surface area contributed by atoms with Gasteiger partial charge in [-0.1, -0.05) is 23.7 Å². The molecule has 20 heavy (non-hydrogen) atoms. The minimum atomic E-state index is -0.652. The van der Waals surface area contributed by atoms with Crippen molar-refractivity contribution in [3.63, 3.8) is 0 Å². The molecular weight excluding hydrogens is 346 g/mol. The lowest BCUT2D eigenvalue weighted by atomic mass is 10.2. The Labute approximate surface area is 129 Å². The van der Waals surface area contributed by atoms with Crippen LogP contribution in [-0.2, 0) is 11.3 Å². The normalized spacial score (nSPS) is 10.3. The topological polar surface area (TPSA) is 48.3 Å². The molecule has 1 aromatic heterocycles. The van der Waals surface area contributed by atoms with Gasteiger partial charge in [-0.25, -0.2) is 4.79 Å². The fraction of sp³-hybridized carbons (Fsp3) is 0.143. The maximum atomic E-state index is 12.2. The third kappa shape index (κ3) is 3.29. The van der Waals surface area contributed by atoms with Crippen LogP contribution in [0.25, 0.3) is 0 Å². The van der Waals surface area contributed by atoms with E-state index in [1.165, 1.54) is 17.7 Å². The van der Waals surface area contributed by atoms with Gasteiger partial charge in [0, 0.05) is 15.7 Å². The molecule has 2 aromatic rings.